The van der Waals surface area contributed by atoms with Crippen LogP contribution in [0.1, 0.15) is 28.7 Å². The van der Waals surface area contributed by atoms with E-state index in [1.54, 1.807) is 19.1 Å². The van der Waals surface area contributed by atoms with Gasteiger partial charge in [-0.2, -0.15) is 0 Å². The summed E-state index contributed by atoms with van der Waals surface area (Å²) in [6.45, 7) is 8.32. The predicted octanol–water partition coefficient (Wildman–Crippen LogP) is 2.25. The Labute approximate surface area is 190 Å². The SMILES string of the molecule is Cc1ccc(C)c(S(=O)(=O)NCCC(=O)N2CCN(Cc3ccc4c(c3)CCO4)CC2)c1. The number of piperazine rings is 1. The molecule has 2 heterocycles. The first-order chi connectivity index (χ1) is 15.3. The van der Waals surface area contributed by atoms with Crippen molar-refractivity contribution in [1.29, 1.82) is 0 Å². The highest BCUT2D eigenvalue weighted by molar-refractivity contribution is 7.89. The second-order valence-corrected chi connectivity index (χ2v) is 10.3. The van der Waals surface area contributed by atoms with Gasteiger partial charge in [0.05, 0.1) is 11.5 Å². The Balaban J connectivity index is 1.23. The minimum Gasteiger partial charge on any atom is -0.493 e. The number of fused-ring (bicyclic) bond motifs is 1. The fourth-order valence-electron chi connectivity index (χ4n) is 4.28. The van der Waals surface area contributed by atoms with Gasteiger partial charge in [0.25, 0.3) is 0 Å². The van der Waals surface area contributed by atoms with Gasteiger partial charge in [-0.3, -0.25) is 9.69 Å². The second-order valence-electron chi connectivity index (χ2n) is 8.61. The number of sulfonamides is 1. The first-order valence-corrected chi connectivity index (χ1v) is 12.6. The van der Waals surface area contributed by atoms with Gasteiger partial charge >= 0.3 is 0 Å². The molecule has 2 aromatic rings. The third-order valence-corrected chi connectivity index (χ3v) is 7.75. The molecule has 1 fully saturated rings. The number of rotatable bonds is 7. The van der Waals surface area contributed by atoms with Gasteiger partial charge < -0.3 is 9.64 Å². The molecule has 2 aliphatic heterocycles. The van der Waals surface area contributed by atoms with Crippen LogP contribution < -0.4 is 9.46 Å². The van der Waals surface area contributed by atoms with E-state index in [0.717, 1.165) is 44.0 Å². The predicted molar refractivity (Wildman–Crippen MR) is 123 cm³/mol. The van der Waals surface area contributed by atoms with Gasteiger partial charge in [0.15, 0.2) is 0 Å². The van der Waals surface area contributed by atoms with Crippen LogP contribution in [0.15, 0.2) is 41.3 Å². The molecule has 0 saturated carbocycles. The van der Waals surface area contributed by atoms with Crippen molar-refractivity contribution in [2.24, 2.45) is 0 Å². The van der Waals surface area contributed by atoms with Gasteiger partial charge in [0.1, 0.15) is 5.75 Å². The molecule has 0 aromatic heterocycles. The molecule has 32 heavy (non-hydrogen) atoms. The maximum atomic E-state index is 12.6. The van der Waals surface area contributed by atoms with E-state index in [1.165, 1.54) is 11.1 Å². The largest absolute Gasteiger partial charge is 0.493 e. The average Bonchev–Trinajstić information content (AvgIpc) is 3.23. The molecular formula is C24H31N3O4S. The van der Waals surface area contributed by atoms with Crippen LogP contribution in [0.3, 0.4) is 0 Å². The van der Waals surface area contributed by atoms with Crippen LogP contribution in [0.2, 0.25) is 0 Å². The van der Waals surface area contributed by atoms with Gasteiger partial charge in [0, 0.05) is 52.1 Å². The first-order valence-electron chi connectivity index (χ1n) is 11.1. The van der Waals surface area contributed by atoms with Gasteiger partial charge in [-0.25, -0.2) is 13.1 Å². The molecule has 1 N–H and O–H groups in total. The van der Waals surface area contributed by atoms with Crippen molar-refractivity contribution < 1.29 is 17.9 Å². The van der Waals surface area contributed by atoms with Crippen molar-refractivity contribution in [1.82, 2.24) is 14.5 Å². The monoisotopic (exact) mass is 457 g/mol. The number of carbonyl (C=O) groups excluding carboxylic acids is 1. The summed E-state index contributed by atoms with van der Waals surface area (Å²) in [7, 11) is -3.63. The first kappa shape index (κ1) is 22.8. The van der Waals surface area contributed by atoms with E-state index in [9.17, 15) is 13.2 Å². The molecule has 0 unspecified atom stereocenters. The molecule has 2 aliphatic rings. The molecule has 8 heteroatoms. The summed E-state index contributed by atoms with van der Waals surface area (Å²) in [5.41, 5.74) is 4.13. The minimum atomic E-state index is -3.63. The van der Waals surface area contributed by atoms with E-state index in [0.29, 0.717) is 18.7 Å². The summed E-state index contributed by atoms with van der Waals surface area (Å²) < 4.78 is 33.4. The van der Waals surface area contributed by atoms with E-state index in [2.05, 4.69) is 27.8 Å². The third kappa shape index (κ3) is 5.31. The molecule has 0 atom stereocenters. The zero-order valence-corrected chi connectivity index (χ0v) is 19.6. The van der Waals surface area contributed by atoms with Crippen LogP contribution in [0.4, 0.5) is 0 Å². The van der Waals surface area contributed by atoms with Gasteiger partial charge in [-0.05, 0) is 48.2 Å². The van der Waals surface area contributed by atoms with Crippen molar-refractivity contribution in [2.75, 3.05) is 39.3 Å². The number of ether oxygens (including phenoxy) is 1. The molecule has 0 aliphatic carbocycles. The highest BCUT2D eigenvalue weighted by atomic mass is 32.2. The van der Waals surface area contributed by atoms with Crippen LogP contribution in [-0.4, -0.2) is 63.5 Å². The van der Waals surface area contributed by atoms with Crippen molar-refractivity contribution in [3.05, 3.63) is 58.7 Å². The molecule has 0 radical (unpaired) electrons. The Bertz CT molecular complexity index is 1090. The molecular weight excluding hydrogens is 426 g/mol. The van der Waals surface area contributed by atoms with Gasteiger partial charge in [-0.15, -0.1) is 0 Å². The summed E-state index contributed by atoms with van der Waals surface area (Å²) in [4.78, 5) is 17.1. The summed E-state index contributed by atoms with van der Waals surface area (Å²) in [5, 5.41) is 0. The Morgan fingerprint density at radius 2 is 1.84 bits per heavy atom. The summed E-state index contributed by atoms with van der Waals surface area (Å²) in [6, 6.07) is 11.7. The average molecular weight is 458 g/mol. The number of aryl methyl sites for hydroxylation is 2. The van der Waals surface area contributed by atoms with Gasteiger partial charge in [-0.1, -0.05) is 24.3 Å². The lowest BCUT2D eigenvalue weighted by Gasteiger charge is -2.35. The van der Waals surface area contributed by atoms with E-state index in [4.69, 9.17) is 4.74 Å². The van der Waals surface area contributed by atoms with Crippen LogP contribution in [0, 0.1) is 13.8 Å². The molecule has 1 saturated heterocycles. The Hall–Kier alpha value is -2.42. The zero-order valence-electron chi connectivity index (χ0n) is 18.8. The molecule has 0 spiro atoms. The van der Waals surface area contributed by atoms with Crippen LogP contribution in [-0.2, 0) is 27.8 Å². The van der Waals surface area contributed by atoms with Crippen molar-refractivity contribution in [3.63, 3.8) is 0 Å². The number of hydrogen-bond donors (Lipinski definition) is 1. The third-order valence-electron chi connectivity index (χ3n) is 6.15. The van der Waals surface area contributed by atoms with Crippen LogP contribution >= 0.6 is 0 Å². The van der Waals surface area contributed by atoms with Crippen LogP contribution in [0.25, 0.3) is 0 Å². The second kappa shape index (κ2) is 9.60. The van der Waals surface area contributed by atoms with E-state index in [1.807, 2.05) is 17.9 Å². The van der Waals surface area contributed by atoms with Crippen molar-refractivity contribution >= 4 is 15.9 Å². The Kier molecular flexibility index (Phi) is 6.83. The normalized spacial score (nSPS) is 16.6. The van der Waals surface area contributed by atoms with Crippen LogP contribution in [0.5, 0.6) is 5.75 Å². The maximum absolute atomic E-state index is 12.6. The van der Waals surface area contributed by atoms with Gasteiger partial charge in [0.2, 0.25) is 15.9 Å². The van der Waals surface area contributed by atoms with Crippen molar-refractivity contribution in [3.8, 4) is 5.75 Å². The Morgan fingerprint density at radius 3 is 2.62 bits per heavy atom. The summed E-state index contributed by atoms with van der Waals surface area (Å²) >= 11 is 0. The fourth-order valence-corrected chi connectivity index (χ4v) is 5.64. The summed E-state index contributed by atoms with van der Waals surface area (Å²) in [5.74, 6) is 0.986. The Morgan fingerprint density at radius 1 is 1.06 bits per heavy atom. The van der Waals surface area contributed by atoms with E-state index >= 15 is 0 Å². The topological polar surface area (TPSA) is 79.0 Å². The molecule has 1 amide bonds. The van der Waals surface area contributed by atoms with E-state index < -0.39 is 10.0 Å². The van der Waals surface area contributed by atoms with Crippen molar-refractivity contribution in [2.45, 2.75) is 38.1 Å². The number of amides is 1. The van der Waals surface area contributed by atoms with E-state index in [-0.39, 0.29) is 23.8 Å². The molecule has 4 rings (SSSR count). The number of hydrogen-bond acceptors (Lipinski definition) is 5. The molecule has 0 bridgehead atoms. The highest BCUT2D eigenvalue weighted by Gasteiger charge is 2.23. The zero-order chi connectivity index (χ0) is 22.7. The molecule has 2 aromatic carbocycles. The maximum Gasteiger partial charge on any atom is 0.240 e. The molecule has 7 nitrogen and oxygen atoms in total. The minimum absolute atomic E-state index is 0.0111. The quantitative estimate of drug-likeness (QED) is 0.690. The molecule has 172 valence electrons. The fraction of sp³-hybridized carbons (Fsp3) is 0.458. The number of nitrogens with one attached hydrogen (secondary N) is 1. The summed E-state index contributed by atoms with van der Waals surface area (Å²) in [6.07, 6.45) is 1.13. The number of nitrogens with zero attached hydrogens (tertiary/aromatic N) is 2. The smallest absolute Gasteiger partial charge is 0.240 e. The lowest BCUT2D eigenvalue weighted by atomic mass is 10.1. The number of carbonyl (C=O) groups is 1. The number of benzene rings is 2. The standard InChI is InChI=1S/C24H31N3O4S/c1-18-3-4-19(2)23(15-18)32(29,30)25-9-7-24(28)27-12-10-26(11-13-27)17-20-5-6-22-21(16-20)8-14-31-22/h3-6,15-16,25H,7-14,17H2,1-2H3. The highest BCUT2D eigenvalue weighted by Crippen LogP contribution is 2.26. The lowest BCUT2D eigenvalue weighted by molar-refractivity contribution is -0.132. The lowest BCUT2D eigenvalue weighted by Crippen LogP contribution is -2.48.